The van der Waals surface area contributed by atoms with Gasteiger partial charge >= 0.3 is 5.97 Å². The van der Waals surface area contributed by atoms with Gasteiger partial charge in [-0.05, 0) is 97.3 Å². The van der Waals surface area contributed by atoms with Gasteiger partial charge in [-0.15, -0.1) is 11.3 Å². The number of rotatable bonds is 20. The molecule has 77 heavy (non-hydrogen) atoms. The lowest BCUT2D eigenvalue weighted by atomic mass is 9.96. The number of carboxylic acids is 1. The van der Waals surface area contributed by atoms with Gasteiger partial charge in [0.15, 0.2) is 11.9 Å². The summed E-state index contributed by atoms with van der Waals surface area (Å²) in [6.07, 6.45) is -0.0134. The van der Waals surface area contributed by atoms with Crippen molar-refractivity contribution in [3.05, 3.63) is 155 Å². The summed E-state index contributed by atoms with van der Waals surface area (Å²) in [5, 5.41) is 11.5. The quantitative estimate of drug-likeness (QED) is 0.0556. The summed E-state index contributed by atoms with van der Waals surface area (Å²) in [6.45, 7) is 5.24. The third kappa shape index (κ3) is 13.5. The molecule has 0 fully saturated rings. The normalized spacial score (nSPS) is 14.6. The predicted octanol–water partition coefficient (Wildman–Crippen LogP) is 10.1. The van der Waals surface area contributed by atoms with Crippen LogP contribution in [0, 0.1) is 19.7 Å². The highest BCUT2D eigenvalue weighted by molar-refractivity contribution is 7.86. The van der Waals surface area contributed by atoms with E-state index in [1.165, 1.54) is 41.9 Å². The largest absolute Gasteiger partial charge is 0.490 e. The molecule has 2 atom stereocenters. The zero-order valence-corrected chi connectivity index (χ0v) is 44.4. The van der Waals surface area contributed by atoms with Crippen molar-refractivity contribution >= 4 is 49.2 Å². The van der Waals surface area contributed by atoms with Crippen LogP contribution in [0.15, 0.2) is 127 Å². The van der Waals surface area contributed by atoms with Gasteiger partial charge in [-0.3, -0.25) is 4.18 Å². The Kier molecular flexibility index (Phi) is 17.9. The van der Waals surface area contributed by atoms with Gasteiger partial charge in [0.2, 0.25) is 12.0 Å². The molecule has 0 radical (unpaired) electrons. The minimum Gasteiger partial charge on any atom is -0.490 e. The number of hydrogen-bond acceptors (Lipinski definition) is 17. The van der Waals surface area contributed by atoms with Crippen molar-refractivity contribution in [1.82, 2.24) is 19.9 Å². The summed E-state index contributed by atoms with van der Waals surface area (Å²) in [5.41, 5.74) is 4.67. The molecule has 0 spiro atoms. The third-order valence-electron chi connectivity index (χ3n) is 12.1. The third-order valence-corrected chi connectivity index (χ3v) is 15.0. The minimum atomic E-state index is -4.26. The number of fused-ring (bicyclic) bond motifs is 7. The lowest BCUT2D eigenvalue weighted by molar-refractivity contribution is -0.145. The molecule has 0 aliphatic carbocycles. The lowest BCUT2D eigenvalue weighted by Gasteiger charge is -2.22. The average Bonchev–Trinajstić information content (AvgIpc) is 3.83. The van der Waals surface area contributed by atoms with Gasteiger partial charge in [0.25, 0.3) is 10.1 Å². The molecule has 17 nitrogen and oxygen atoms in total. The molecule has 0 saturated carbocycles. The Morgan fingerprint density at radius 3 is 2.38 bits per heavy atom. The highest BCUT2D eigenvalue weighted by Crippen LogP contribution is 2.50. The molecule has 0 unspecified atom stereocenters. The van der Waals surface area contributed by atoms with E-state index < -0.39 is 40.7 Å². The first-order chi connectivity index (χ1) is 37.3. The number of halogens is 2. The molecule has 5 heterocycles. The molecular formula is C56H52ClFN4O13S2. The summed E-state index contributed by atoms with van der Waals surface area (Å²) >= 11 is 8.44. The van der Waals surface area contributed by atoms with Crippen molar-refractivity contribution in [1.29, 1.82) is 0 Å². The van der Waals surface area contributed by atoms with E-state index in [1.807, 2.05) is 31.2 Å². The molecule has 4 bridgehead atoms. The molecule has 5 aromatic carbocycles. The molecule has 3 aromatic heterocycles. The molecule has 2 aliphatic rings. The number of carboxylic acid groups (broad SMARTS) is 1. The van der Waals surface area contributed by atoms with Crippen LogP contribution in [-0.4, -0.2) is 112 Å². The van der Waals surface area contributed by atoms with Gasteiger partial charge in [0.05, 0.1) is 59.6 Å². The Balaban J connectivity index is 1.04. The fourth-order valence-corrected chi connectivity index (χ4v) is 10.5. The Labute approximate surface area is 452 Å². The number of hydrogen-bond donors (Lipinski definition) is 1. The number of thiophene rings is 1. The summed E-state index contributed by atoms with van der Waals surface area (Å²) in [5.74, 6) is -0.124. The number of carbonyl (C=O) groups is 1. The number of ether oxygens (including phenoxy) is 8. The number of benzene rings is 5. The number of nitrogens with zero attached hydrogens (tertiary/aromatic N) is 4. The Bertz CT molecular complexity index is 3460. The van der Waals surface area contributed by atoms with Crippen LogP contribution in [0.3, 0.4) is 0 Å². The van der Waals surface area contributed by atoms with Crippen LogP contribution >= 0.6 is 22.9 Å². The van der Waals surface area contributed by atoms with E-state index >= 15 is 0 Å². The van der Waals surface area contributed by atoms with Crippen LogP contribution in [0.5, 0.6) is 28.9 Å². The summed E-state index contributed by atoms with van der Waals surface area (Å²) in [6, 6.07) is 29.5. The number of aliphatic carboxylic acids is 1. The predicted molar refractivity (Wildman–Crippen MR) is 285 cm³/mol. The monoisotopic (exact) mass is 1110 g/mol. The van der Waals surface area contributed by atoms with Crippen molar-refractivity contribution < 1.29 is 64.8 Å². The van der Waals surface area contributed by atoms with Crippen molar-refractivity contribution in [2.24, 2.45) is 0 Å². The maximum Gasteiger partial charge on any atom is 0.345 e. The van der Waals surface area contributed by atoms with Gasteiger partial charge in [-0.25, -0.2) is 29.1 Å². The lowest BCUT2D eigenvalue weighted by Crippen LogP contribution is -2.31. The van der Waals surface area contributed by atoms with E-state index in [0.717, 1.165) is 5.56 Å². The standard InChI is InChI=1S/C56H52ClFN4O13S2/c1-34-8-15-42(16-9-34)77(65,66)73-32-41-31-71-40-14-18-45(72-30-39-20-21-59-53(62-39)44-6-4-5-7-46(44)70-27-26-69-25-24-68-23-22-67-3)37(28-40)29-48(56(63)64)75-54-50-49(43-17-19-47(74-41)51(57)35(43)2)52(76-55(50)61-33-60-54)36-10-12-38(58)13-11-36/h4-21,28,33,41,48H,22-27,29-32H2,1-3H3,(H,63,64)/t41-,48+/m0/s1. The first-order valence-corrected chi connectivity index (χ1v) is 26.9. The van der Waals surface area contributed by atoms with Gasteiger partial charge in [-0.1, -0.05) is 59.6 Å². The molecule has 10 rings (SSSR count). The van der Waals surface area contributed by atoms with E-state index in [9.17, 15) is 22.7 Å². The van der Waals surface area contributed by atoms with E-state index in [2.05, 4.69) is 15.0 Å². The van der Waals surface area contributed by atoms with Gasteiger partial charge in [-0.2, -0.15) is 8.42 Å². The molecule has 8 aromatic rings. The van der Waals surface area contributed by atoms with Gasteiger partial charge in [0, 0.05) is 35.7 Å². The fourth-order valence-electron chi connectivity index (χ4n) is 8.17. The minimum absolute atomic E-state index is 0.0299. The summed E-state index contributed by atoms with van der Waals surface area (Å²) in [7, 11) is -2.65. The average molecular weight is 1110 g/mol. The Hall–Kier alpha value is -7.30. The fraction of sp³-hybridized carbons (Fsp3) is 0.268. The van der Waals surface area contributed by atoms with Crippen LogP contribution in [-0.2, 0) is 46.3 Å². The molecule has 1 N–H and O–H groups in total. The van der Waals surface area contributed by atoms with Crippen LogP contribution in [0.2, 0.25) is 5.02 Å². The zero-order valence-electron chi connectivity index (χ0n) is 42.0. The highest BCUT2D eigenvalue weighted by atomic mass is 35.5. The van der Waals surface area contributed by atoms with E-state index in [0.29, 0.717) is 98.8 Å². The van der Waals surface area contributed by atoms with Crippen LogP contribution in [0.25, 0.3) is 43.2 Å². The van der Waals surface area contributed by atoms with E-state index in [1.54, 1.807) is 80.9 Å². The second-order valence-electron chi connectivity index (χ2n) is 17.5. The molecule has 2 aliphatic heterocycles. The number of methoxy groups -OCH3 is 1. The summed E-state index contributed by atoms with van der Waals surface area (Å²) in [4.78, 5) is 32.8. The van der Waals surface area contributed by atoms with Crippen LogP contribution in [0.4, 0.5) is 4.39 Å². The molecule has 21 heteroatoms. The van der Waals surface area contributed by atoms with E-state index in [-0.39, 0.29) is 59.3 Å². The maximum atomic E-state index is 14.4. The second-order valence-corrected chi connectivity index (χ2v) is 20.5. The first-order valence-electron chi connectivity index (χ1n) is 24.3. The van der Waals surface area contributed by atoms with Crippen LogP contribution in [0.1, 0.15) is 22.4 Å². The second kappa shape index (κ2) is 25.2. The Morgan fingerprint density at radius 2 is 1.60 bits per heavy atom. The molecule has 0 saturated heterocycles. The molecule has 0 amide bonds. The Morgan fingerprint density at radius 1 is 0.831 bits per heavy atom. The van der Waals surface area contributed by atoms with Gasteiger partial charge in [0.1, 0.15) is 66.4 Å². The SMILES string of the molecule is COCCOCCOCCOc1ccccc1-c1nccc(COc2ccc3cc2C[C@H](C(=O)O)Oc2ncnc4sc(-c5ccc(F)cc5)c(c24)-c2ccc(c(Cl)c2C)O[C@H](COS(=O)(=O)c2ccc(C)cc2)CO3)n1. The molecular weight excluding hydrogens is 1060 g/mol. The van der Waals surface area contributed by atoms with Crippen LogP contribution < -0.4 is 23.7 Å². The van der Waals surface area contributed by atoms with Crippen molar-refractivity contribution in [2.75, 3.05) is 60.0 Å². The van der Waals surface area contributed by atoms with Crippen molar-refractivity contribution in [3.8, 4) is 61.8 Å². The van der Waals surface area contributed by atoms with Crippen molar-refractivity contribution in [3.63, 3.8) is 0 Å². The zero-order chi connectivity index (χ0) is 53.9. The highest BCUT2D eigenvalue weighted by Gasteiger charge is 2.30. The number of para-hydroxylation sites is 1. The number of aromatic nitrogens is 4. The number of aryl methyl sites for hydroxylation is 1. The van der Waals surface area contributed by atoms with E-state index in [4.69, 9.17) is 58.7 Å². The maximum absolute atomic E-state index is 14.4. The van der Waals surface area contributed by atoms with Crippen molar-refractivity contribution in [2.45, 2.75) is 44.0 Å². The topological polar surface area (TPSA) is 206 Å². The van der Waals surface area contributed by atoms with Gasteiger partial charge < -0.3 is 43.0 Å². The first kappa shape index (κ1) is 54.5. The summed E-state index contributed by atoms with van der Waals surface area (Å²) < 4.78 is 94.7. The molecule has 400 valence electrons. The smallest absolute Gasteiger partial charge is 0.345 e.